The molecule has 0 saturated carbocycles. The number of esters is 1. The molecule has 0 fully saturated rings. The number of para-hydroxylation sites is 1. The molecule has 0 N–H and O–H groups in total. The summed E-state index contributed by atoms with van der Waals surface area (Å²) in [6.45, 7) is 2.39. The maximum atomic E-state index is 12.4. The number of benzene rings is 3. The van der Waals surface area contributed by atoms with E-state index in [2.05, 4.69) is 4.99 Å². The normalized spacial score (nSPS) is 14.4. The Labute approximate surface area is 185 Å². The van der Waals surface area contributed by atoms with Gasteiger partial charge in [-0.15, -0.1) is 0 Å². The summed E-state index contributed by atoms with van der Waals surface area (Å²) in [6.07, 6.45) is 1.62. The van der Waals surface area contributed by atoms with E-state index in [1.807, 2.05) is 43.3 Å². The smallest absolute Gasteiger partial charge is 0.363 e. The van der Waals surface area contributed by atoms with Crippen LogP contribution in [0.3, 0.4) is 0 Å². The Hall–Kier alpha value is -3.57. The standard InChI is InChI=1S/C25H20ClNO4/c1-16-10-12-17(13-11-16)15-30-23-18(6-5-9-22(23)29-2)14-21-25(28)31-24(27-21)19-7-3-4-8-20(19)26/h3-14H,15H2,1-2H3/b21-14-. The van der Waals surface area contributed by atoms with Crippen molar-refractivity contribution < 1.29 is 19.0 Å². The van der Waals surface area contributed by atoms with Crippen molar-refractivity contribution in [2.24, 2.45) is 4.99 Å². The van der Waals surface area contributed by atoms with Crippen LogP contribution in [0.25, 0.3) is 6.08 Å². The average molecular weight is 434 g/mol. The molecule has 6 heteroatoms. The maximum absolute atomic E-state index is 12.4. The number of ether oxygens (including phenoxy) is 3. The minimum absolute atomic E-state index is 0.156. The van der Waals surface area contributed by atoms with E-state index in [-0.39, 0.29) is 11.6 Å². The third-order valence-corrected chi connectivity index (χ3v) is 5.08. The van der Waals surface area contributed by atoms with E-state index in [9.17, 15) is 4.79 Å². The second-order valence-electron chi connectivity index (χ2n) is 6.97. The quantitative estimate of drug-likeness (QED) is 0.376. The lowest BCUT2D eigenvalue weighted by molar-refractivity contribution is -0.129. The molecule has 1 aliphatic heterocycles. The van der Waals surface area contributed by atoms with Gasteiger partial charge in [0, 0.05) is 5.56 Å². The molecule has 4 rings (SSSR count). The van der Waals surface area contributed by atoms with Crippen LogP contribution in [-0.2, 0) is 16.1 Å². The molecule has 0 radical (unpaired) electrons. The summed E-state index contributed by atoms with van der Waals surface area (Å²) in [5, 5.41) is 0.457. The highest BCUT2D eigenvalue weighted by Gasteiger charge is 2.26. The van der Waals surface area contributed by atoms with E-state index in [0.717, 1.165) is 5.56 Å². The first-order valence-corrected chi connectivity index (χ1v) is 10.1. The minimum Gasteiger partial charge on any atom is -0.493 e. The number of hydrogen-bond acceptors (Lipinski definition) is 5. The predicted molar refractivity (Wildman–Crippen MR) is 121 cm³/mol. The van der Waals surface area contributed by atoms with Crippen LogP contribution in [0.15, 0.2) is 77.4 Å². The molecular formula is C25H20ClNO4. The Morgan fingerprint density at radius 3 is 2.55 bits per heavy atom. The van der Waals surface area contributed by atoms with Crippen LogP contribution in [0.2, 0.25) is 5.02 Å². The second kappa shape index (κ2) is 9.06. The van der Waals surface area contributed by atoms with E-state index in [0.29, 0.717) is 34.3 Å². The van der Waals surface area contributed by atoms with Crippen molar-refractivity contribution in [3.8, 4) is 11.5 Å². The summed E-state index contributed by atoms with van der Waals surface area (Å²) < 4.78 is 16.9. The number of methoxy groups -OCH3 is 1. The fourth-order valence-corrected chi connectivity index (χ4v) is 3.32. The lowest BCUT2D eigenvalue weighted by Gasteiger charge is -2.13. The van der Waals surface area contributed by atoms with Gasteiger partial charge in [0.05, 0.1) is 17.7 Å². The van der Waals surface area contributed by atoms with Gasteiger partial charge in [-0.25, -0.2) is 9.79 Å². The third-order valence-electron chi connectivity index (χ3n) is 4.75. The highest BCUT2D eigenvalue weighted by atomic mass is 35.5. The molecule has 0 unspecified atom stereocenters. The molecule has 156 valence electrons. The van der Waals surface area contributed by atoms with Crippen LogP contribution in [0.4, 0.5) is 0 Å². The number of rotatable bonds is 6. The highest BCUT2D eigenvalue weighted by Crippen LogP contribution is 2.34. The van der Waals surface area contributed by atoms with Gasteiger partial charge in [-0.3, -0.25) is 0 Å². The Kier molecular flexibility index (Phi) is 6.05. The van der Waals surface area contributed by atoms with Gasteiger partial charge >= 0.3 is 5.97 Å². The molecule has 3 aromatic rings. The van der Waals surface area contributed by atoms with Gasteiger partial charge in [0.15, 0.2) is 17.2 Å². The van der Waals surface area contributed by atoms with Crippen LogP contribution in [0, 0.1) is 6.92 Å². The summed E-state index contributed by atoms with van der Waals surface area (Å²) in [4.78, 5) is 16.8. The number of halogens is 1. The number of nitrogens with zero attached hydrogens (tertiary/aromatic N) is 1. The molecule has 0 saturated heterocycles. The molecule has 1 heterocycles. The molecule has 0 spiro atoms. The number of carbonyl (C=O) groups is 1. The van der Waals surface area contributed by atoms with E-state index < -0.39 is 5.97 Å². The van der Waals surface area contributed by atoms with Crippen molar-refractivity contribution in [3.63, 3.8) is 0 Å². The van der Waals surface area contributed by atoms with Crippen LogP contribution in [-0.4, -0.2) is 19.0 Å². The zero-order chi connectivity index (χ0) is 21.8. The van der Waals surface area contributed by atoms with Crippen molar-refractivity contribution in [2.45, 2.75) is 13.5 Å². The van der Waals surface area contributed by atoms with Crippen molar-refractivity contribution in [1.29, 1.82) is 0 Å². The fourth-order valence-electron chi connectivity index (χ4n) is 3.11. The fraction of sp³-hybridized carbons (Fsp3) is 0.120. The van der Waals surface area contributed by atoms with Gasteiger partial charge in [0.2, 0.25) is 5.90 Å². The Morgan fingerprint density at radius 2 is 1.81 bits per heavy atom. The average Bonchev–Trinajstić information content (AvgIpc) is 3.14. The van der Waals surface area contributed by atoms with Gasteiger partial charge in [-0.1, -0.05) is 65.7 Å². The maximum Gasteiger partial charge on any atom is 0.363 e. The lowest BCUT2D eigenvalue weighted by atomic mass is 10.1. The van der Waals surface area contributed by atoms with Crippen molar-refractivity contribution in [2.75, 3.05) is 7.11 Å². The third kappa shape index (κ3) is 4.62. The molecule has 0 amide bonds. The van der Waals surface area contributed by atoms with Crippen molar-refractivity contribution >= 4 is 29.5 Å². The molecule has 0 atom stereocenters. The van der Waals surface area contributed by atoms with Gasteiger partial charge in [0.1, 0.15) is 6.61 Å². The van der Waals surface area contributed by atoms with E-state index in [4.69, 9.17) is 25.8 Å². The molecule has 0 aromatic heterocycles. The Morgan fingerprint density at radius 1 is 1.03 bits per heavy atom. The lowest BCUT2D eigenvalue weighted by Crippen LogP contribution is -2.05. The van der Waals surface area contributed by atoms with Crippen LogP contribution < -0.4 is 9.47 Å². The van der Waals surface area contributed by atoms with Crippen LogP contribution >= 0.6 is 11.6 Å². The highest BCUT2D eigenvalue weighted by molar-refractivity contribution is 6.34. The van der Waals surface area contributed by atoms with Crippen LogP contribution in [0.5, 0.6) is 11.5 Å². The van der Waals surface area contributed by atoms with Gasteiger partial charge in [0.25, 0.3) is 0 Å². The SMILES string of the molecule is COc1cccc(/C=C2\N=C(c3ccccc3Cl)OC2=O)c1OCc1ccc(C)cc1. The van der Waals surface area contributed by atoms with Crippen LogP contribution in [0.1, 0.15) is 22.3 Å². The summed E-state index contributed by atoms with van der Waals surface area (Å²) in [6, 6.07) is 20.6. The number of hydrogen-bond donors (Lipinski definition) is 0. The van der Waals surface area contributed by atoms with Crippen molar-refractivity contribution in [1.82, 2.24) is 0 Å². The topological polar surface area (TPSA) is 57.1 Å². The first-order chi connectivity index (χ1) is 15.0. The van der Waals surface area contributed by atoms with E-state index >= 15 is 0 Å². The molecular weight excluding hydrogens is 414 g/mol. The zero-order valence-corrected chi connectivity index (χ0v) is 17.8. The largest absolute Gasteiger partial charge is 0.493 e. The Bertz CT molecular complexity index is 1180. The molecule has 0 bridgehead atoms. The van der Waals surface area contributed by atoms with Gasteiger partial charge in [-0.2, -0.15) is 0 Å². The van der Waals surface area contributed by atoms with E-state index in [1.54, 1.807) is 43.5 Å². The molecule has 31 heavy (non-hydrogen) atoms. The second-order valence-corrected chi connectivity index (χ2v) is 7.38. The summed E-state index contributed by atoms with van der Waals surface area (Å²) in [5.74, 6) is 0.699. The predicted octanol–water partition coefficient (Wildman–Crippen LogP) is 5.58. The van der Waals surface area contributed by atoms with Gasteiger partial charge < -0.3 is 14.2 Å². The molecule has 0 aliphatic carbocycles. The number of aliphatic imine (C=N–C) groups is 1. The zero-order valence-electron chi connectivity index (χ0n) is 17.1. The number of cyclic esters (lactones) is 1. The first-order valence-electron chi connectivity index (χ1n) is 9.68. The summed E-state index contributed by atoms with van der Waals surface area (Å²) >= 11 is 6.21. The first kappa shape index (κ1) is 20.7. The van der Waals surface area contributed by atoms with Crippen molar-refractivity contribution in [3.05, 3.63) is 99.7 Å². The minimum atomic E-state index is -0.553. The number of carbonyl (C=O) groups excluding carboxylic acids is 1. The molecule has 3 aromatic carbocycles. The summed E-state index contributed by atoms with van der Waals surface area (Å²) in [7, 11) is 1.57. The van der Waals surface area contributed by atoms with Gasteiger partial charge in [-0.05, 0) is 36.8 Å². The Balaban J connectivity index is 1.66. The molecule has 1 aliphatic rings. The number of aryl methyl sites for hydroxylation is 1. The summed E-state index contributed by atoms with van der Waals surface area (Å²) in [5.41, 5.74) is 3.57. The monoisotopic (exact) mass is 433 g/mol. The molecule has 5 nitrogen and oxygen atoms in total. The van der Waals surface area contributed by atoms with E-state index in [1.165, 1.54) is 5.56 Å².